The molecule has 0 aromatic heterocycles. The zero-order valence-corrected chi connectivity index (χ0v) is 13.8. The van der Waals surface area contributed by atoms with Crippen LogP contribution in [0.5, 0.6) is 5.75 Å². The normalized spacial score (nSPS) is 16.5. The topological polar surface area (TPSA) is 35.5 Å². The number of hydrogen-bond donors (Lipinski definition) is 2. The number of aromatic hydroxyl groups is 1. The molecule has 0 radical (unpaired) electrons. The van der Waals surface area contributed by atoms with Crippen LogP contribution in [0.15, 0.2) is 30.4 Å². The number of hydrogen-bond acceptors (Lipinski definition) is 3. The van der Waals surface area contributed by atoms with Crippen molar-refractivity contribution >= 4 is 24.8 Å². The molecular weight excluding hydrogens is 314 g/mol. The van der Waals surface area contributed by atoms with Gasteiger partial charge in [0.1, 0.15) is 11.6 Å². The first-order valence-electron chi connectivity index (χ1n) is 6.65. The molecule has 21 heavy (non-hydrogen) atoms. The average molecular weight is 337 g/mol. The third kappa shape index (κ3) is 5.47. The molecule has 0 saturated carbocycles. The highest BCUT2D eigenvalue weighted by Gasteiger charge is 2.24. The molecule has 1 atom stereocenters. The second kappa shape index (κ2) is 9.26. The van der Waals surface area contributed by atoms with Gasteiger partial charge in [-0.15, -0.1) is 31.4 Å². The molecule has 1 aromatic rings. The standard InChI is InChI=1S/C15H21FN2O.2ClH/c1-11(2)9-15(18-7-5-17-6-8-18)13-4-3-12(19)10-14(13)16;;/h3-4,10,15,17,19H,1,5-9H2,2H3;2*1H/t15-;;/m1../s1. The maximum absolute atomic E-state index is 14.1. The van der Waals surface area contributed by atoms with Crippen LogP contribution >= 0.6 is 24.8 Å². The van der Waals surface area contributed by atoms with Crippen LogP contribution in [-0.4, -0.2) is 36.2 Å². The fraction of sp³-hybridized carbons (Fsp3) is 0.467. The Hall–Kier alpha value is -0.810. The SMILES string of the molecule is C=C(C)C[C@H](c1ccc(O)cc1F)N1CCNCC1.Cl.Cl. The largest absolute Gasteiger partial charge is 0.508 e. The van der Waals surface area contributed by atoms with Crippen molar-refractivity contribution < 1.29 is 9.50 Å². The monoisotopic (exact) mass is 336 g/mol. The molecule has 1 aromatic carbocycles. The van der Waals surface area contributed by atoms with Crippen molar-refractivity contribution in [3.8, 4) is 5.75 Å². The highest BCUT2D eigenvalue weighted by atomic mass is 35.5. The zero-order chi connectivity index (χ0) is 13.8. The van der Waals surface area contributed by atoms with E-state index in [1.807, 2.05) is 6.92 Å². The molecule has 1 heterocycles. The smallest absolute Gasteiger partial charge is 0.131 e. The van der Waals surface area contributed by atoms with Crippen molar-refractivity contribution in [1.29, 1.82) is 0 Å². The zero-order valence-electron chi connectivity index (χ0n) is 12.1. The van der Waals surface area contributed by atoms with E-state index in [1.54, 1.807) is 12.1 Å². The van der Waals surface area contributed by atoms with Gasteiger partial charge < -0.3 is 10.4 Å². The fourth-order valence-corrected chi connectivity index (χ4v) is 2.55. The Morgan fingerprint density at radius 1 is 1.38 bits per heavy atom. The minimum absolute atomic E-state index is 0. The van der Waals surface area contributed by atoms with Gasteiger partial charge in [-0.25, -0.2) is 4.39 Å². The Morgan fingerprint density at radius 2 is 2.00 bits per heavy atom. The lowest BCUT2D eigenvalue weighted by atomic mass is 9.97. The van der Waals surface area contributed by atoms with Crippen LogP contribution < -0.4 is 5.32 Å². The van der Waals surface area contributed by atoms with E-state index < -0.39 is 0 Å². The van der Waals surface area contributed by atoms with E-state index in [-0.39, 0.29) is 42.4 Å². The highest BCUT2D eigenvalue weighted by molar-refractivity contribution is 5.85. The van der Waals surface area contributed by atoms with Gasteiger partial charge in [0.15, 0.2) is 0 Å². The van der Waals surface area contributed by atoms with Crippen LogP contribution in [0.4, 0.5) is 4.39 Å². The van der Waals surface area contributed by atoms with Crippen LogP contribution in [0, 0.1) is 5.82 Å². The van der Waals surface area contributed by atoms with E-state index in [9.17, 15) is 9.50 Å². The van der Waals surface area contributed by atoms with Gasteiger partial charge in [-0.3, -0.25) is 4.90 Å². The summed E-state index contributed by atoms with van der Waals surface area (Å²) in [6, 6.07) is 4.41. The van der Waals surface area contributed by atoms with Gasteiger partial charge in [0.2, 0.25) is 0 Å². The average Bonchev–Trinajstić information content (AvgIpc) is 2.37. The van der Waals surface area contributed by atoms with E-state index >= 15 is 0 Å². The summed E-state index contributed by atoms with van der Waals surface area (Å²) in [6.07, 6.45) is 0.738. The molecule has 1 saturated heterocycles. The Kier molecular flexibility index (Phi) is 8.90. The lowest BCUT2D eigenvalue weighted by Gasteiger charge is -2.35. The lowest BCUT2D eigenvalue weighted by molar-refractivity contribution is 0.169. The van der Waals surface area contributed by atoms with Gasteiger partial charge in [-0.1, -0.05) is 11.6 Å². The first kappa shape index (κ1) is 20.2. The molecule has 1 fully saturated rings. The number of benzene rings is 1. The van der Waals surface area contributed by atoms with E-state index in [4.69, 9.17) is 0 Å². The second-order valence-electron chi connectivity index (χ2n) is 5.17. The molecule has 0 unspecified atom stereocenters. The number of nitrogens with one attached hydrogen (secondary N) is 1. The number of piperazine rings is 1. The first-order valence-corrected chi connectivity index (χ1v) is 6.65. The predicted octanol–water partition coefficient (Wildman–Crippen LogP) is 3.29. The molecular formula is C15H23Cl2FN2O. The molecule has 3 nitrogen and oxygen atoms in total. The summed E-state index contributed by atoms with van der Waals surface area (Å²) >= 11 is 0. The van der Waals surface area contributed by atoms with Gasteiger partial charge in [0, 0.05) is 43.9 Å². The predicted molar refractivity (Wildman–Crippen MR) is 89.2 cm³/mol. The summed E-state index contributed by atoms with van der Waals surface area (Å²) in [5, 5.41) is 12.6. The van der Waals surface area contributed by atoms with E-state index in [0.717, 1.165) is 38.2 Å². The summed E-state index contributed by atoms with van der Waals surface area (Å²) in [4.78, 5) is 2.28. The molecule has 1 aliphatic rings. The van der Waals surface area contributed by atoms with Crippen molar-refractivity contribution in [2.24, 2.45) is 0 Å². The van der Waals surface area contributed by atoms with Crippen molar-refractivity contribution in [2.45, 2.75) is 19.4 Å². The van der Waals surface area contributed by atoms with Gasteiger partial charge in [0.25, 0.3) is 0 Å². The molecule has 0 bridgehead atoms. The number of phenols is 1. The Bertz CT molecular complexity index is 465. The minimum atomic E-state index is -0.343. The molecule has 0 spiro atoms. The Balaban J connectivity index is 0.00000200. The van der Waals surface area contributed by atoms with Crippen molar-refractivity contribution in [3.63, 3.8) is 0 Å². The van der Waals surface area contributed by atoms with Crippen molar-refractivity contribution in [1.82, 2.24) is 10.2 Å². The molecule has 0 amide bonds. The summed E-state index contributed by atoms with van der Waals surface area (Å²) in [5.41, 5.74) is 1.68. The summed E-state index contributed by atoms with van der Waals surface area (Å²) in [5.74, 6) is -0.375. The third-order valence-electron chi connectivity index (χ3n) is 3.48. The van der Waals surface area contributed by atoms with Crippen molar-refractivity contribution in [3.05, 3.63) is 41.7 Å². The molecule has 6 heteroatoms. The van der Waals surface area contributed by atoms with Gasteiger partial charge in [-0.05, 0) is 19.4 Å². The summed E-state index contributed by atoms with van der Waals surface area (Å²) in [6.45, 7) is 9.56. The van der Waals surface area contributed by atoms with E-state index in [2.05, 4.69) is 16.8 Å². The summed E-state index contributed by atoms with van der Waals surface area (Å²) in [7, 11) is 0. The Morgan fingerprint density at radius 3 is 2.52 bits per heavy atom. The maximum atomic E-state index is 14.1. The van der Waals surface area contributed by atoms with Crippen LogP contribution in [0.1, 0.15) is 24.9 Å². The van der Waals surface area contributed by atoms with Crippen LogP contribution in [-0.2, 0) is 0 Å². The number of nitrogens with zero attached hydrogens (tertiary/aromatic N) is 1. The van der Waals surface area contributed by atoms with Crippen molar-refractivity contribution in [2.75, 3.05) is 26.2 Å². The molecule has 1 aliphatic heterocycles. The van der Waals surface area contributed by atoms with Crippen LogP contribution in [0.2, 0.25) is 0 Å². The Labute approximate surface area is 138 Å². The molecule has 0 aliphatic carbocycles. The van der Waals surface area contributed by atoms with Gasteiger partial charge in [0.05, 0.1) is 0 Å². The first-order chi connectivity index (χ1) is 9.08. The fourth-order valence-electron chi connectivity index (χ4n) is 2.55. The summed E-state index contributed by atoms with van der Waals surface area (Å²) < 4.78 is 14.1. The number of phenolic OH excluding ortho intramolecular Hbond substituents is 1. The molecule has 2 N–H and O–H groups in total. The second-order valence-corrected chi connectivity index (χ2v) is 5.17. The molecule has 120 valence electrons. The van der Waals surface area contributed by atoms with Gasteiger partial charge >= 0.3 is 0 Å². The van der Waals surface area contributed by atoms with E-state index in [1.165, 1.54) is 6.07 Å². The van der Waals surface area contributed by atoms with E-state index in [0.29, 0.717) is 5.56 Å². The third-order valence-corrected chi connectivity index (χ3v) is 3.48. The lowest BCUT2D eigenvalue weighted by Crippen LogP contribution is -2.45. The maximum Gasteiger partial charge on any atom is 0.131 e. The quantitative estimate of drug-likeness (QED) is 0.828. The highest BCUT2D eigenvalue weighted by Crippen LogP contribution is 2.30. The molecule has 2 rings (SSSR count). The van der Waals surface area contributed by atoms with Gasteiger partial charge in [-0.2, -0.15) is 0 Å². The van der Waals surface area contributed by atoms with Crippen LogP contribution in [0.3, 0.4) is 0 Å². The number of rotatable bonds is 4. The number of halogens is 3. The van der Waals surface area contributed by atoms with Crippen LogP contribution in [0.25, 0.3) is 0 Å². The minimum Gasteiger partial charge on any atom is -0.508 e.